The van der Waals surface area contributed by atoms with Crippen molar-refractivity contribution in [3.8, 4) is 10.6 Å². The van der Waals surface area contributed by atoms with E-state index in [1.807, 2.05) is 6.92 Å². The minimum atomic E-state index is -0.440. The zero-order valence-electron chi connectivity index (χ0n) is 16.1. The molecule has 2 amide bonds. The van der Waals surface area contributed by atoms with Gasteiger partial charge >= 0.3 is 6.03 Å². The molecule has 0 radical (unpaired) electrons. The van der Waals surface area contributed by atoms with E-state index >= 15 is 0 Å². The molecular weight excluding hydrogens is 407 g/mol. The molecule has 4 aromatic rings. The molecule has 2 aromatic heterocycles. The van der Waals surface area contributed by atoms with Gasteiger partial charge in [0.15, 0.2) is 0 Å². The van der Waals surface area contributed by atoms with E-state index < -0.39 is 6.03 Å². The fourth-order valence-electron chi connectivity index (χ4n) is 2.90. The predicted molar refractivity (Wildman–Crippen MR) is 113 cm³/mol. The smallest absolute Gasteiger partial charge is 0.320 e. The third-order valence-electron chi connectivity index (χ3n) is 4.46. The zero-order valence-corrected chi connectivity index (χ0v) is 17.0. The molecule has 10 heteroatoms. The van der Waals surface area contributed by atoms with Gasteiger partial charge in [-0.15, -0.1) is 10.2 Å². The number of hydrogen-bond acceptors (Lipinski definition) is 6. The number of para-hydroxylation sites is 1. The van der Waals surface area contributed by atoms with Crippen LogP contribution in [0.2, 0.25) is 0 Å². The molecule has 8 nitrogen and oxygen atoms in total. The molecule has 30 heavy (non-hydrogen) atoms. The van der Waals surface area contributed by atoms with E-state index in [0.29, 0.717) is 27.3 Å². The molecule has 0 aliphatic heterocycles. The van der Waals surface area contributed by atoms with Gasteiger partial charge in [0.05, 0.1) is 17.4 Å². The number of carbonyl (C=O) groups excluding carboxylic acids is 1. The summed E-state index contributed by atoms with van der Waals surface area (Å²) in [6, 6.07) is 11.0. The molecule has 2 aromatic carbocycles. The summed E-state index contributed by atoms with van der Waals surface area (Å²) in [5, 5.41) is 11.9. The number of nitrogens with one attached hydrogen (secondary N) is 2. The molecular formula is C20H17FN6O2S. The molecule has 0 fully saturated rings. The maximum absolute atomic E-state index is 13.5. The Balaban J connectivity index is 1.47. The highest BCUT2D eigenvalue weighted by molar-refractivity contribution is 7.18. The Hall–Kier alpha value is -3.66. The maximum Gasteiger partial charge on any atom is 0.323 e. The Bertz CT molecular complexity index is 1300. The SMILES string of the molecule is Cc1ccc(F)cc1-c1nnc(NC(=O)N(C)Cc2nc3ccccc3c(=O)[nH]2)s1. The summed E-state index contributed by atoms with van der Waals surface area (Å²) < 4.78 is 13.5. The number of anilines is 1. The van der Waals surface area contributed by atoms with Crippen LogP contribution in [-0.2, 0) is 6.54 Å². The van der Waals surface area contributed by atoms with E-state index in [9.17, 15) is 14.0 Å². The number of nitrogens with zero attached hydrogens (tertiary/aromatic N) is 4. The summed E-state index contributed by atoms with van der Waals surface area (Å²) >= 11 is 1.14. The summed E-state index contributed by atoms with van der Waals surface area (Å²) in [6.45, 7) is 1.94. The molecule has 0 saturated heterocycles. The first-order chi connectivity index (χ1) is 14.4. The van der Waals surface area contributed by atoms with Crippen LogP contribution in [0.3, 0.4) is 0 Å². The van der Waals surface area contributed by atoms with Crippen molar-refractivity contribution in [3.05, 3.63) is 70.0 Å². The van der Waals surface area contributed by atoms with Crippen LogP contribution in [0.5, 0.6) is 0 Å². The van der Waals surface area contributed by atoms with Crippen molar-refractivity contribution >= 4 is 33.4 Å². The molecule has 4 rings (SSSR count). The van der Waals surface area contributed by atoms with Gasteiger partial charge in [0.25, 0.3) is 5.56 Å². The Morgan fingerprint density at radius 3 is 2.87 bits per heavy atom. The van der Waals surface area contributed by atoms with Crippen molar-refractivity contribution in [2.45, 2.75) is 13.5 Å². The number of aryl methyl sites for hydroxylation is 1. The molecule has 0 saturated carbocycles. The lowest BCUT2D eigenvalue weighted by Gasteiger charge is -2.16. The maximum atomic E-state index is 13.5. The topological polar surface area (TPSA) is 104 Å². The number of aromatic nitrogens is 4. The number of benzene rings is 2. The van der Waals surface area contributed by atoms with Crippen molar-refractivity contribution in [1.82, 2.24) is 25.1 Å². The summed E-state index contributed by atoms with van der Waals surface area (Å²) in [6.07, 6.45) is 0. The molecule has 0 aliphatic carbocycles. The first-order valence-electron chi connectivity index (χ1n) is 9.01. The van der Waals surface area contributed by atoms with E-state index in [-0.39, 0.29) is 23.1 Å². The Kier molecular flexibility index (Phi) is 5.23. The Morgan fingerprint density at radius 1 is 1.23 bits per heavy atom. The number of hydrogen-bond donors (Lipinski definition) is 2. The monoisotopic (exact) mass is 424 g/mol. The summed E-state index contributed by atoms with van der Waals surface area (Å²) in [4.78, 5) is 33.1. The second-order valence-electron chi connectivity index (χ2n) is 6.69. The average Bonchev–Trinajstić information content (AvgIpc) is 3.18. The molecule has 0 atom stereocenters. The van der Waals surface area contributed by atoms with Crippen molar-refractivity contribution in [1.29, 1.82) is 0 Å². The number of H-pyrrole nitrogens is 1. The normalized spacial score (nSPS) is 10.9. The number of urea groups is 1. The van der Waals surface area contributed by atoms with Crippen molar-refractivity contribution in [2.24, 2.45) is 0 Å². The molecule has 0 spiro atoms. The lowest BCUT2D eigenvalue weighted by atomic mass is 10.1. The highest BCUT2D eigenvalue weighted by Gasteiger charge is 2.16. The van der Waals surface area contributed by atoms with Crippen LogP contribution >= 0.6 is 11.3 Å². The molecule has 0 aliphatic rings. The van der Waals surface area contributed by atoms with Crippen LogP contribution in [0.4, 0.5) is 14.3 Å². The minimum absolute atomic E-state index is 0.0978. The highest BCUT2D eigenvalue weighted by Crippen LogP contribution is 2.29. The second-order valence-corrected chi connectivity index (χ2v) is 7.67. The number of halogens is 1. The average molecular weight is 424 g/mol. The zero-order chi connectivity index (χ0) is 21.3. The van der Waals surface area contributed by atoms with Crippen LogP contribution in [-0.4, -0.2) is 38.1 Å². The Labute approximate surface area is 174 Å². The van der Waals surface area contributed by atoms with Crippen LogP contribution in [0.15, 0.2) is 47.3 Å². The van der Waals surface area contributed by atoms with Gasteiger partial charge < -0.3 is 9.88 Å². The van der Waals surface area contributed by atoms with E-state index in [4.69, 9.17) is 0 Å². The first-order valence-corrected chi connectivity index (χ1v) is 9.82. The van der Waals surface area contributed by atoms with Crippen molar-refractivity contribution < 1.29 is 9.18 Å². The van der Waals surface area contributed by atoms with Gasteiger partial charge in [0.2, 0.25) is 5.13 Å². The number of fused-ring (bicyclic) bond motifs is 1. The van der Waals surface area contributed by atoms with Gasteiger partial charge in [-0.25, -0.2) is 14.2 Å². The van der Waals surface area contributed by atoms with Crippen molar-refractivity contribution in [3.63, 3.8) is 0 Å². The molecule has 0 unspecified atom stereocenters. The van der Waals surface area contributed by atoms with E-state index in [1.54, 1.807) is 37.4 Å². The fourth-order valence-corrected chi connectivity index (χ4v) is 3.71. The third-order valence-corrected chi connectivity index (χ3v) is 5.34. The van der Waals surface area contributed by atoms with E-state index in [1.165, 1.54) is 17.0 Å². The van der Waals surface area contributed by atoms with E-state index in [2.05, 4.69) is 25.5 Å². The molecule has 152 valence electrons. The third kappa shape index (κ3) is 4.03. The lowest BCUT2D eigenvalue weighted by molar-refractivity contribution is 0.219. The molecule has 2 N–H and O–H groups in total. The van der Waals surface area contributed by atoms with Crippen molar-refractivity contribution in [2.75, 3.05) is 12.4 Å². The van der Waals surface area contributed by atoms with E-state index in [0.717, 1.165) is 16.9 Å². The Morgan fingerprint density at radius 2 is 2.03 bits per heavy atom. The van der Waals surface area contributed by atoms with Gasteiger partial charge in [-0.3, -0.25) is 10.1 Å². The highest BCUT2D eigenvalue weighted by atomic mass is 32.1. The van der Waals surface area contributed by atoms with Gasteiger partial charge in [0, 0.05) is 12.6 Å². The van der Waals surface area contributed by atoms with Crippen LogP contribution in [0.1, 0.15) is 11.4 Å². The number of amides is 2. The first kappa shape index (κ1) is 19.6. The van der Waals surface area contributed by atoms with Gasteiger partial charge in [-0.05, 0) is 36.8 Å². The fraction of sp³-hybridized carbons (Fsp3) is 0.150. The standard InChI is InChI=1S/C20H17FN6O2S/c1-11-7-8-12(21)9-14(11)18-25-26-19(30-18)24-20(29)27(2)10-16-22-15-6-4-3-5-13(15)17(28)23-16/h3-9H,10H2,1-2H3,(H,22,23,28)(H,24,26,29). The summed E-state index contributed by atoms with van der Waals surface area (Å²) in [7, 11) is 1.57. The van der Waals surface area contributed by atoms with Gasteiger partial charge in [-0.1, -0.05) is 29.5 Å². The second kappa shape index (κ2) is 7.99. The summed E-state index contributed by atoms with van der Waals surface area (Å²) in [5.74, 6) is -0.00214. The predicted octanol–water partition coefficient (Wildman–Crippen LogP) is 3.55. The van der Waals surface area contributed by atoms with Gasteiger partial charge in [-0.2, -0.15) is 0 Å². The molecule has 2 heterocycles. The molecule has 0 bridgehead atoms. The summed E-state index contributed by atoms with van der Waals surface area (Å²) in [5.41, 5.74) is 1.78. The van der Waals surface area contributed by atoms with Crippen LogP contribution < -0.4 is 10.9 Å². The largest absolute Gasteiger partial charge is 0.323 e. The number of rotatable bonds is 4. The lowest BCUT2D eigenvalue weighted by Crippen LogP contribution is -2.32. The number of aromatic amines is 1. The van der Waals surface area contributed by atoms with Crippen LogP contribution in [0, 0.1) is 12.7 Å². The van der Waals surface area contributed by atoms with Crippen LogP contribution in [0.25, 0.3) is 21.5 Å². The minimum Gasteiger partial charge on any atom is -0.320 e. The van der Waals surface area contributed by atoms with Gasteiger partial charge in [0.1, 0.15) is 16.6 Å². The quantitative estimate of drug-likeness (QED) is 0.521. The number of carbonyl (C=O) groups is 1.